The molecule has 31 heavy (non-hydrogen) atoms. The van der Waals surface area contributed by atoms with Crippen LogP contribution in [0.1, 0.15) is 37.6 Å². The van der Waals surface area contributed by atoms with Crippen molar-refractivity contribution in [2.24, 2.45) is 0 Å². The number of phenolic OH excluding ortho intramolecular Hbond substituents is 1. The lowest BCUT2D eigenvalue weighted by Crippen LogP contribution is -2.52. The Hall–Kier alpha value is -2.58. The quantitative estimate of drug-likeness (QED) is 0.608. The van der Waals surface area contributed by atoms with Crippen molar-refractivity contribution >= 4 is 17.2 Å². The molecule has 3 aromatic rings. The van der Waals surface area contributed by atoms with Gasteiger partial charge in [0.1, 0.15) is 11.6 Å². The molecule has 3 heterocycles. The average Bonchev–Trinajstić information content (AvgIpc) is 3.33. The van der Waals surface area contributed by atoms with E-state index in [9.17, 15) is 9.50 Å². The van der Waals surface area contributed by atoms with Crippen LogP contribution in [0.15, 0.2) is 30.5 Å². The van der Waals surface area contributed by atoms with Gasteiger partial charge in [0.2, 0.25) is 0 Å². The number of phenols is 1. The van der Waals surface area contributed by atoms with Crippen molar-refractivity contribution < 1.29 is 9.50 Å². The van der Waals surface area contributed by atoms with Gasteiger partial charge in [-0.25, -0.2) is 9.37 Å². The van der Waals surface area contributed by atoms with E-state index in [4.69, 9.17) is 0 Å². The van der Waals surface area contributed by atoms with E-state index in [1.807, 2.05) is 13.0 Å². The third kappa shape index (κ3) is 4.02. The van der Waals surface area contributed by atoms with E-state index in [-0.39, 0.29) is 11.3 Å². The zero-order valence-corrected chi connectivity index (χ0v) is 18.5. The van der Waals surface area contributed by atoms with Gasteiger partial charge in [0.15, 0.2) is 5.82 Å². The predicted molar refractivity (Wildman–Crippen MR) is 121 cm³/mol. The van der Waals surface area contributed by atoms with Crippen LogP contribution >= 0.6 is 11.3 Å². The Balaban J connectivity index is 1.34. The molecule has 1 aliphatic heterocycles. The van der Waals surface area contributed by atoms with Crippen LogP contribution in [-0.4, -0.2) is 45.0 Å². The molecule has 162 valence electrons. The average molecular weight is 440 g/mol. The summed E-state index contributed by atoms with van der Waals surface area (Å²) in [5, 5.41) is 23.8. The number of thiazole rings is 1. The van der Waals surface area contributed by atoms with Crippen molar-refractivity contribution in [3.8, 4) is 27.4 Å². The van der Waals surface area contributed by atoms with Crippen molar-refractivity contribution in [2.75, 3.05) is 18.0 Å². The Kier molecular flexibility index (Phi) is 5.14. The maximum Gasteiger partial charge on any atom is 0.151 e. The standard InChI is InChI=1S/C23H26FN5OS/c1-14-25-12-21(31-14)16-11-20(30)17(10-18(16)24)19-6-7-22(28-27-19)29-9-8-23(2,13-29)26-15-4-3-5-15/h6-7,10-12,15,26,30H,3-5,8-9,13H2,1-2H3. The zero-order chi connectivity index (χ0) is 21.6. The number of hydrogen-bond donors (Lipinski definition) is 2. The molecule has 1 atom stereocenters. The van der Waals surface area contributed by atoms with E-state index in [0.29, 0.717) is 27.7 Å². The second-order valence-corrected chi connectivity index (χ2v) is 10.1. The summed E-state index contributed by atoms with van der Waals surface area (Å²) in [5.74, 6) is 0.363. The first-order chi connectivity index (χ1) is 14.9. The summed E-state index contributed by atoms with van der Waals surface area (Å²) in [5.41, 5.74) is 1.21. The van der Waals surface area contributed by atoms with Gasteiger partial charge in [-0.05, 0) is 57.4 Å². The Morgan fingerprint density at radius 2 is 2.06 bits per heavy atom. The highest BCUT2D eigenvalue weighted by Gasteiger charge is 2.37. The Bertz CT molecular complexity index is 1100. The van der Waals surface area contributed by atoms with Gasteiger partial charge in [0.05, 0.1) is 15.6 Å². The Labute approximate surface area is 185 Å². The van der Waals surface area contributed by atoms with Gasteiger partial charge < -0.3 is 15.3 Å². The lowest BCUT2D eigenvalue weighted by molar-refractivity contribution is 0.253. The fourth-order valence-corrected chi connectivity index (χ4v) is 5.19. The van der Waals surface area contributed by atoms with Crippen LogP contribution in [0.2, 0.25) is 0 Å². The number of nitrogens with zero attached hydrogens (tertiary/aromatic N) is 4. The summed E-state index contributed by atoms with van der Waals surface area (Å²) < 4.78 is 14.8. The number of halogens is 1. The Morgan fingerprint density at radius 1 is 1.23 bits per heavy atom. The fourth-order valence-electron chi connectivity index (χ4n) is 4.40. The van der Waals surface area contributed by atoms with E-state index in [1.54, 1.807) is 12.3 Å². The van der Waals surface area contributed by atoms with Crippen LogP contribution in [-0.2, 0) is 0 Å². The topological polar surface area (TPSA) is 74.2 Å². The van der Waals surface area contributed by atoms with E-state index in [1.165, 1.54) is 42.7 Å². The maximum atomic E-state index is 14.8. The number of anilines is 1. The third-order valence-electron chi connectivity index (χ3n) is 6.35. The number of aromatic hydroxyl groups is 1. The molecule has 1 aliphatic carbocycles. The number of rotatable bonds is 5. The molecule has 8 heteroatoms. The molecule has 6 nitrogen and oxygen atoms in total. The van der Waals surface area contributed by atoms with Crippen LogP contribution in [0, 0.1) is 12.7 Å². The minimum Gasteiger partial charge on any atom is -0.507 e. The van der Waals surface area contributed by atoms with Crippen LogP contribution < -0.4 is 10.2 Å². The summed E-state index contributed by atoms with van der Waals surface area (Å²) in [6.07, 6.45) is 6.55. The van der Waals surface area contributed by atoms with Crippen molar-refractivity contribution in [1.29, 1.82) is 0 Å². The molecule has 2 aliphatic rings. The fraction of sp³-hybridized carbons (Fsp3) is 0.435. The molecule has 0 bridgehead atoms. The molecule has 0 radical (unpaired) electrons. The SMILES string of the molecule is Cc1ncc(-c2cc(O)c(-c3ccc(N4CCC(C)(NC5CCC5)C4)nn3)cc2F)s1. The van der Waals surface area contributed by atoms with E-state index < -0.39 is 5.82 Å². The van der Waals surface area contributed by atoms with Crippen LogP contribution in [0.4, 0.5) is 10.2 Å². The molecule has 2 N–H and O–H groups in total. The van der Waals surface area contributed by atoms with Gasteiger partial charge in [-0.3, -0.25) is 0 Å². The van der Waals surface area contributed by atoms with Gasteiger partial charge >= 0.3 is 0 Å². The molecular formula is C23H26FN5OS. The van der Waals surface area contributed by atoms with Gasteiger partial charge in [-0.2, -0.15) is 0 Å². The van der Waals surface area contributed by atoms with Crippen molar-refractivity contribution in [3.63, 3.8) is 0 Å². The van der Waals surface area contributed by atoms with E-state index >= 15 is 0 Å². The summed E-state index contributed by atoms with van der Waals surface area (Å²) in [6, 6.07) is 7.09. The minimum absolute atomic E-state index is 0.0250. The van der Waals surface area contributed by atoms with Crippen LogP contribution in [0.5, 0.6) is 5.75 Å². The monoisotopic (exact) mass is 439 g/mol. The number of nitrogens with one attached hydrogen (secondary N) is 1. The van der Waals surface area contributed by atoms with Gasteiger partial charge in [0, 0.05) is 42.0 Å². The molecule has 2 aromatic heterocycles. The second kappa shape index (κ2) is 7.84. The molecule has 5 rings (SSSR count). The largest absolute Gasteiger partial charge is 0.507 e. The third-order valence-corrected chi connectivity index (χ3v) is 7.30. The molecule has 0 amide bonds. The molecular weight excluding hydrogens is 413 g/mol. The van der Waals surface area contributed by atoms with Crippen molar-refractivity contribution in [3.05, 3.63) is 41.3 Å². The normalized spacial score (nSPS) is 21.5. The second-order valence-electron chi connectivity index (χ2n) is 8.87. The predicted octanol–water partition coefficient (Wildman–Crippen LogP) is 4.53. The van der Waals surface area contributed by atoms with Crippen molar-refractivity contribution in [2.45, 2.75) is 51.1 Å². The molecule has 1 saturated heterocycles. The van der Waals surface area contributed by atoms with Gasteiger partial charge in [-0.1, -0.05) is 6.42 Å². The van der Waals surface area contributed by atoms with Crippen LogP contribution in [0.25, 0.3) is 21.7 Å². The molecule has 2 fully saturated rings. The first-order valence-corrected chi connectivity index (χ1v) is 11.5. The molecule has 1 aromatic carbocycles. The van der Waals surface area contributed by atoms with E-state index in [0.717, 1.165) is 30.3 Å². The minimum atomic E-state index is -0.417. The Morgan fingerprint density at radius 3 is 2.71 bits per heavy atom. The summed E-state index contributed by atoms with van der Waals surface area (Å²) in [7, 11) is 0. The summed E-state index contributed by atoms with van der Waals surface area (Å²) >= 11 is 1.39. The first kappa shape index (κ1) is 20.3. The highest BCUT2D eigenvalue weighted by molar-refractivity contribution is 7.15. The highest BCUT2D eigenvalue weighted by Crippen LogP contribution is 2.37. The smallest absolute Gasteiger partial charge is 0.151 e. The molecule has 1 saturated carbocycles. The number of benzene rings is 1. The van der Waals surface area contributed by atoms with Crippen molar-refractivity contribution in [1.82, 2.24) is 20.5 Å². The number of aromatic nitrogens is 3. The first-order valence-electron chi connectivity index (χ1n) is 10.7. The maximum absolute atomic E-state index is 14.8. The zero-order valence-electron chi connectivity index (χ0n) is 17.7. The molecule has 1 unspecified atom stereocenters. The van der Waals surface area contributed by atoms with E-state index in [2.05, 4.69) is 32.3 Å². The summed E-state index contributed by atoms with van der Waals surface area (Å²) in [4.78, 5) is 7.08. The number of aryl methyl sites for hydroxylation is 1. The van der Waals surface area contributed by atoms with Crippen LogP contribution in [0.3, 0.4) is 0 Å². The lowest BCUT2D eigenvalue weighted by Gasteiger charge is -2.36. The van der Waals surface area contributed by atoms with Gasteiger partial charge in [0.25, 0.3) is 0 Å². The number of hydrogen-bond acceptors (Lipinski definition) is 7. The summed E-state index contributed by atoms with van der Waals surface area (Å²) in [6.45, 7) is 5.96. The van der Waals surface area contributed by atoms with Gasteiger partial charge in [-0.15, -0.1) is 21.5 Å². The molecule has 0 spiro atoms. The lowest BCUT2D eigenvalue weighted by atomic mass is 9.89. The highest BCUT2D eigenvalue weighted by atomic mass is 32.1.